The van der Waals surface area contributed by atoms with Crippen molar-refractivity contribution >= 4 is 17.7 Å². The highest BCUT2D eigenvalue weighted by Gasteiger charge is 2.19. The molecular weight excluding hydrogens is 310 g/mol. The molecule has 2 aromatic rings. The molecule has 0 saturated carbocycles. The quantitative estimate of drug-likeness (QED) is 0.624. The first-order valence-electron chi connectivity index (χ1n) is 7.27. The summed E-state index contributed by atoms with van der Waals surface area (Å²) in [6.45, 7) is 0.248. The Morgan fingerprint density at radius 2 is 1.67 bits per heavy atom. The normalized spacial score (nSPS) is 10.0. The molecule has 0 bridgehead atoms. The molecular formula is C18H17NO5. The highest BCUT2D eigenvalue weighted by atomic mass is 16.5. The van der Waals surface area contributed by atoms with Gasteiger partial charge in [-0.25, -0.2) is 4.79 Å². The van der Waals surface area contributed by atoms with E-state index in [4.69, 9.17) is 9.84 Å². The van der Waals surface area contributed by atoms with Crippen LogP contribution >= 0.6 is 0 Å². The molecule has 0 aromatic heterocycles. The lowest BCUT2D eigenvalue weighted by Gasteiger charge is -2.17. The first-order chi connectivity index (χ1) is 11.5. The lowest BCUT2D eigenvalue weighted by molar-refractivity contribution is -0.151. The monoisotopic (exact) mass is 327 g/mol. The van der Waals surface area contributed by atoms with Crippen molar-refractivity contribution in [2.45, 2.75) is 13.0 Å². The third kappa shape index (κ3) is 4.95. The van der Waals surface area contributed by atoms with Crippen LogP contribution in [0.1, 0.15) is 12.0 Å². The summed E-state index contributed by atoms with van der Waals surface area (Å²) in [5, 5.41) is 8.54. The summed E-state index contributed by atoms with van der Waals surface area (Å²) in [5.74, 6) is -1.94. The zero-order valence-electron chi connectivity index (χ0n) is 13.1. The third-order valence-electron chi connectivity index (χ3n) is 3.27. The van der Waals surface area contributed by atoms with E-state index >= 15 is 0 Å². The van der Waals surface area contributed by atoms with Crippen LogP contribution in [0.2, 0.25) is 0 Å². The van der Waals surface area contributed by atoms with Gasteiger partial charge < -0.3 is 14.7 Å². The van der Waals surface area contributed by atoms with Crippen LogP contribution in [0.5, 0.6) is 11.5 Å². The van der Waals surface area contributed by atoms with Crippen molar-refractivity contribution in [2.75, 3.05) is 7.05 Å². The van der Waals surface area contributed by atoms with Crippen molar-refractivity contribution in [3.8, 4) is 11.5 Å². The molecule has 6 nitrogen and oxygen atoms in total. The summed E-state index contributed by atoms with van der Waals surface area (Å²) in [5.41, 5.74) is 0.807. The van der Waals surface area contributed by atoms with E-state index in [1.165, 1.54) is 11.9 Å². The summed E-state index contributed by atoms with van der Waals surface area (Å²) in [6, 6.07) is 16.5. The molecule has 1 amide bonds. The highest BCUT2D eigenvalue weighted by molar-refractivity contribution is 6.36. The van der Waals surface area contributed by atoms with Crippen molar-refractivity contribution < 1.29 is 24.2 Å². The first-order valence-corrected chi connectivity index (χ1v) is 7.27. The Morgan fingerprint density at radius 1 is 1.00 bits per heavy atom. The molecule has 0 saturated heterocycles. The predicted octanol–water partition coefficient (Wildman–Crippen LogP) is 2.48. The molecule has 0 unspecified atom stereocenters. The second kappa shape index (κ2) is 7.92. The first kappa shape index (κ1) is 17.2. The fourth-order valence-electron chi connectivity index (χ4n) is 2.04. The summed E-state index contributed by atoms with van der Waals surface area (Å²) in [6.07, 6.45) is -0.647. The molecule has 0 aliphatic carbocycles. The average molecular weight is 327 g/mol. The fraction of sp³-hybridized carbons (Fsp3) is 0.167. The molecule has 1 N–H and O–H groups in total. The minimum Gasteiger partial charge on any atom is -0.475 e. The van der Waals surface area contributed by atoms with Crippen LogP contribution in [0.3, 0.4) is 0 Å². The van der Waals surface area contributed by atoms with Crippen LogP contribution in [-0.4, -0.2) is 34.7 Å². The van der Waals surface area contributed by atoms with E-state index in [2.05, 4.69) is 0 Å². The third-order valence-corrected chi connectivity index (χ3v) is 3.27. The maximum Gasteiger partial charge on any atom is 0.372 e. The average Bonchev–Trinajstić information content (AvgIpc) is 2.55. The number of ketones is 1. The van der Waals surface area contributed by atoms with E-state index < -0.39 is 24.1 Å². The summed E-state index contributed by atoms with van der Waals surface area (Å²) in [7, 11) is 1.52. The fourth-order valence-corrected chi connectivity index (χ4v) is 2.04. The molecule has 0 fully saturated rings. The van der Waals surface area contributed by atoms with Gasteiger partial charge in [0.2, 0.25) is 11.7 Å². The molecule has 0 heterocycles. The number of hydrogen-bond acceptors (Lipinski definition) is 4. The van der Waals surface area contributed by atoms with Gasteiger partial charge in [0.05, 0.1) is 6.42 Å². The Labute approximate surface area is 139 Å². The predicted molar refractivity (Wildman–Crippen MR) is 86.7 cm³/mol. The summed E-state index contributed by atoms with van der Waals surface area (Å²) < 4.78 is 5.72. The number of aliphatic carboxylic acids is 1. The number of benzene rings is 2. The van der Waals surface area contributed by atoms with E-state index in [0.29, 0.717) is 11.5 Å². The van der Waals surface area contributed by atoms with Crippen LogP contribution in [0, 0.1) is 0 Å². The molecule has 0 radical (unpaired) electrons. The molecule has 2 rings (SSSR count). The topological polar surface area (TPSA) is 83.9 Å². The number of carboxylic acid groups (broad SMARTS) is 1. The minimum atomic E-state index is -1.60. The number of rotatable bonds is 7. The van der Waals surface area contributed by atoms with Gasteiger partial charge in [0.1, 0.15) is 11.5 Å². The van der Waals surface area contributed by atoms with Crippen molar-refractivity contribution in [2.24, 2.45) is 0 Å². The zero-order valence-corrected chi connectivity index (χ0v) is 13.1. The van der Waals surface area contributed by atoms with Gasteiger partial charge in [-0.05, 0) is 29.8 Å². The summed E-state index contributed by atoms with van der Waals surface area (Å²) >= 11 is 0. The van der Waals surface area contributed by atoms with Crippen molar-refractivity contribution in [3.05, 3.63) is 60.2 Å². The maximum atomic E-state index is 11.8. The molecule has 0 aliphatic heterocycles. The number of ether oxygens (including phenoxy) is 1. The van der Waals surface area contributed by atoms with E-state index in [1.54, 1.807) is 18.2 Å². The van der Waals surface area contributed by atoms with Gasteiger partial charge >= 0.3 is 5.97 Å². The van der Waals surface area contributed by atoms with Crippen molar-refractivity contribution in [1.29, 1.82) is 0 Å². The molecule has 0 aliphatic rings. The second-order valence-electron chi connectivity index (χ2n) is 5.22. The smallest absolute Gasteiger partial charge is 0.372 e. The van der Waals surface area contributed by atoms with Crippen molar-refractivity contribution in [3.63, 3.8) is 0 Å². The Balaban J connectivity index is 1.99. The molecule has 124 valence electrons. The molecule has 0 atom stereocenters. The Kier molecular flexibility index (Phi) is 5.68. The van der Waals surface area contributed by atoms with E-state index in [-0.39, 0.29) is 6.54 Å². The van der Waals surface area contributed by atoms with E-state index in [9.17, 15) is 14.4 Å². The largest absolute Gasteiger partial charge is 0.475 e. The van der Waals surface area contributed by atoms with Gasteiger partial charge in [-0.15, -0.1) is 0 Å². The van der Waals surface area contributed by atoms with E-state index in [0.717, 1.165) is 5.56 Å². The lowest BCUT2D eigenvalue weighted by Crippen LogP contribution is -2.30. The maximum absolute atomic E-state index is 11.8. The minimum absolute atomic E-state index is 0.248. The number of amides is 1. The highest BCUT2D eigenvalue weighted by Crippen LogP contribution is 2.22. The number of Topliss-reactive ketones (excluding diaryl/α,β-unsaturated/α-hetero) is 1. The number of hydrogen-bond donors (Lipinski definition) is 1. The van der Waals surface area contributed by atoms with Crippen LogP contribution in [0.15, 0.2) is 54.6 Å². The standard InChI is InChI=1S/C18H17NO5/c1-19(17(21)11-16(20)18(22)23)12-13-6-5-9-15(10-13)24-14-7-3-2-4-8-14/h2-10H,11-12H2,1H3,(H,22,23). The van der Waals surface area contributed by atoms with Gasteiger partial charge in [-0.3, -0.25) is 9.59 Å². The van der Waals surface area contributed by atoms with Gasteiger partial charge in [-0.1, -0.05) is 30.3 Å². The second-order valence-corrected chi connectivity index (χ2v) is 5.22. The number of carbonyl (C=O) groups excluding carboxylic acids is 2. The zero-order chi connectivity index (χ0) is 17.5. The molecule has 2 aromatic carbocycles. The number of nitrogens with zero attached hydrogens (tertiary/aromatic N) is 1. The lowest BCUT2D eigenvalue weighted by atomic mass is 10.2. The summed E-state index contributed by atoms with van der Waals surface area (Å²) in [4.78, 5) is 34.8. The Bertz CT molecular complexity index is 742. The Hall–Kier alpha value is -3.15. The van der Waals surface area contributed by atoms with Crippen LogP contribution < -0.4 is 4.74 Å². The van der Waals surface area contributed by atoms with Gasteiger partial charge in [0.25, 0.3) is 0 Å². The Morgan fingerprint density at radius 3 is 2.33 bits per heavy atom. The number of carboxylic acids is 1. The molecule has 24 heavy (non-hydrogen) atoms. The number of carbonyl (C=O) groups is 3. The molecule has 0 spiro atoms. The van der Waals surface area contributed by atoms with Crippen LogP contribution in [-0.2, 0) is 20.9 Å². The SMILES string of the molecule is CN(Cc1cccc(Oc2ccccc2)c1)C(=O)CC(=O)C(=O)O. The van der Waals surface area contributed by atoms with Gasteiger partial charge in [-0.2, -0.15) is 0 Å². The van der Waals surface area contributed by atoms with Gasteiger partial charge in [0.15, 0.2) is 0 Å². The van der Waals surface area contributed by atoms with E-state index in [1.807, 2.05) is 36.4 Å². The molecule has 6 heteroatoms. The van der Waals surface area contributed by atoms with Crippen molar-refractivity contribution in [1.82, 2.24) is 4.90 Å². The van der Waals surface area contributed by atoms with Crippen LogP contribution in [0.25, 0.3) is 0 Å². The van der Waals surface area contributed by atoms with Crippen LogP contribution in [0.4, 0.5) is 0 Å². The number of para-hydroxylation sites is 1. The van der Waals surface area contributed by atoms with Gasteiger partial charge in [0, 0.05) is 13.6 Å².